The third kappa shape index (κ3) is 5.62. The molecule has 4 rings (SSSR count). The smallest absolute Gasteiger partial charge is 0.264 e. The molecule has 2 amide bonds. The summed E-state index contributed by atoms with van der Waals surface area (Å²) in [5.41, 5.74) is 1.81. The van der Waals surface area contributed by atoms with E-state index in [1.54, 1.807) is 78.9 Å². The van der Waals surface area contributed by atoms with Crippen molar-refractivity contribution in [2.75, 3.05) is 29.1 Å². The number of ether oxygens (including phenoxy) is 1. The maximum Gasteiger partial charge on any atom is 0.264 e. The van der Waals surface area contributed by atoms with Crippen molar-refractivity contribution in [3.8, 4) is 5.75 Å². The summed E-state index contributed by atoms with van der Waals surface area (Å²) < 4.78 is 32.4. The minimum Gasteiger partial charge on any atom is -0.495 e. The second kappa shape index (κ2) is 11.0. The number of hydrogen-bond acceptors (Lipinski definition) is 5. The lowest BCUT2D eigenvalue weighted by Crippen LogP contribution is -2.26. The summed E-state index contributed by atoms with van der Waals surface area (Å²) in [6.45, 7) is 0. The second-order valence-corrected chi connectivity index (χ2v) is 9.96. The fourth-order valence-electron chi connectivity index (χ4n) is 3.64. The summed E-state index contributed by atoms with van der Waals surface area (Å²) in [5, 5.41) is 5.53. The molecule has 0 unspecified atom stereocenters. The van der Waals surface area contributed by atoms with Gasteiger partial charge in [-0.05, 0) is 60.7 Å². The molecule has 0 radical (unpaired) electrons. The van der Waals surface area contributed by atoms with E-state index in [1.807, 2.05) is 0 Å². The third-order valence-corrected chi connectivity index (χ3v) is 7.47. The van der Waals surface area contributed by atoms with E-state index in [0.29, 0.717) is 22.8 Å². The molecular formula is C28H25N3O5S. The van der Waals surface area contributed by atoms with Crippen LogP contribution in [0, 0.1) is 0 Å². The molecule has 188 valence electrons. The van der Waals surface area contributed by atoms with Crippen molar-refractivity contribution in [3.63, 3.8) is 0 Å². The number of amides is 2. The van der Waals surface area contributed by atoms with Gasteiger partial charge in [-0.15, -0.1) is 0 Å². The number of benzene rings is 4. The lowest BCUT2D eigenvalue weighted by atomic mass is 10.1. The van der Waals surface area contributed by atoms with Crippen molar-refractivity contribution >= 4 is 38.9 Å². The molecule has 0 aliphatic carbocycles. The van der Waals surface area contributed by atoms with Crippen LogP contribution in [-0.2, 0) is 10.0 Å². The highest BCUT2D eigenvalue weighted by atomic mass is 32.2. The normalized spacial score (nSPS) is 10.9. The van der Waals surface area contributed by atoms with Gasteiger partial charge in [0.15, 0.2) is 0 Å². The molecule has 0 aromatic heterocycles. The number of carbonyl (C=O) groups is 2. The van der Waals surface area contributed by atoms with E-state index in [0.717, 1.165) is 0 Å². The van der Waals surface area contributed by atoms with Gasteiger partial charge in [0.1, 0.15) is 5.75 Å². The highest BCUT2D eigenvalue weighted by molar-refractivity contribution is 7.92. The van der Waals surface area contributed by atoms with Crippen molar-refractivity contribution in [3.05, 3.63) is 114 Å². The van der Waals surface area contributed by atoms with Crippen LogP contribution in [0.5, 0.6) is 5.75 Å². The zero-order chi connectivity index (χ0) is 26.4. The molecule has 0 heterocycles. The summed E-state index contributed by atoms with van der Waals surface area (Å²) >= 11 is 0. The molecule has 4 aromatic carbocycles. The van der Waals surface area contributed by atoms with E-state index in [9.17, 15) is 18.0 Å². The molecule has 0 fully saturated rings. The molecule has 0 bridgehead atoms. The SMILES string of the molecule is COc1ccccc1NC(=O)c1ccccc1NC(=O)c1ccc(S(=O)(=O)N(C)c2ccccc2)cc1. The molecule has 4 aromatic rings. The van der Waals surface area contributed by atoms with Crippen molar-refractivity contribution < 1.29 is 22.7 Å². The molecule has 0 saturated heterocycles. The van der Waals surface area contributed by atoms with Gasteiger partial charge in [0.2, 0.25) is 0 Å². The first-order valence-electron chi connectivity index (χ1n) is 11.3. The lowest BCUT2D eigenvalue weighted by molar-refractivity contribution is 0.102. The summed E-state index contributed by atoms with van der Waals surface area (Å²) in [7, 11) is -0.829. The maximum absolute atomic E-state index is 13.0. The standard InChI is InChI=1S/C28H25N3O5S/c1-31(21-10-4-3-5-11-21)37(34,35)22-18-16-20(17-19-22)27(32)29-24-13-7-6-12-23(24)28(33)30-25-14-8-9-15-26(25)36-2/h3-19H,1-2H3,(H,29,32)(H,30,33). The number of anilines is 3. The van der Waals surface area contributed by atoms with Crippen LogP contribution in [-0.4, -0.2) is 34.4 Å². The van der Waals surface area contributed by atoms with E-state index in [-0.39, 0.29) is 16.0 Å². The van der Waals surface area contributed by atoms with E-state index in [1.165, 1.54) is 42.7 Å². The van der Waals surface area contributed by atoms with Crippen LogP contribution in [0.4, 0.5) is 17.1 Å². The Morgan fingerprint density at radius 1 is 0.703 bits per heavy atom. The Kier molecular flexibility index (Phi) is 7.55. The number of carbonyl (C=O) groups excluding carboxylic acids is 2. The molecule has 9 heteroatoms. The number of para-hydroxylation sites is 4. The van der Waals surface area contributed by atoms with Crippen LogP contribution < -0.4 is 19.7 Å². The zero-order valence-corrected chi connectivity index (χ0v) is 21.0. The minimum atomic E-state index is -3.81. The average Bonchev–Trinajstić information content (AvgIpc) is 2.93. The van der Waals surface area contributed by atoms with Crippen LogP contribution in [0.15, 0.2) is 108 Å². The molecule has 0 atom stereocenters. The topological polar surface area (TPSA) is 105 Å². The first kappa shape index (κ1) is 25.5. The molecule has 0 aliphatic heterocycles. The number of rotatable bonds is 8. The largest absolute Gasteiger partial charge is 0.495 e. The first-order chi connectivity index (χ1) is 17.8. The van der Waals surface area contributed by atoms with Gasteiger partial charge in [-0.3, -0.25) is 13.9 Å². The van der Waals surface area contributed by atoms with E-state index in [2.05, 4.69) is 10.6 Å². The van der Waals surface area contributed by atoms with Crippen molar-refractivity contribution in [2.45, 2.75) is 4.90 Å². The monoisotopic (exact) mass is 515 g/mol. The predicted octanol–water partition coefficient (Wildman–Crippen LogP) is 5.02. The fraction of sp³-hybridized carbons (Fsp3) is 0.0714. The predicted molar refractivity (Wildman–Crippen MR) is 144 cm³/mol. The van der Waals surface area contributed by atoms with Gasteiger partial charge in [-0.1, -0.05) is 42.5 Å². The summed E-state index contributed by atoms with van der Waals surface area (Å²) in [5.74, 6) is -0.408. The van der Waals surface area contributed by atoms with Gasteiger partial charge >= 0.3 is 0 Å². The second-order valence-electron chi connectivity index (χ2n) is 7.99. The highest BCUT2D eigenvalue weighted by Crippen LogP contribution is 2.26. The van der Waals surface area contributed by atoms with E-state index >= 15 is 0 Å². The Labute approximate surface area is 215 Å². The highest BCUT2D eigenvalue weighted by Gasteiger charge is 2.22. The Morgan fingerprint density at radius 3 is 1.95 bits per heavy atom. The van der Waals surface area contributed by atoms with Gasteiger partial charge in [0.25, 0.3) is 21.8 Å². The van der Waals surface area contributed by atoms with Crippen molar-refractivity contribution in [1.82, 2.24) is 0 Å². The summed E-state index contributed by atoms with van der Waals surface area (Å²) in [6.07, 6.45) is 0. The molecule has 37 heavy (non-hydrogen) atoms. The molecule has 0 saturated carbocycles. The van der Waals surface area contributed by atoms with E-state index in [4.69, 9.17) is 4.74 Å². The van der Waals surface area contributed by atoms with Crippen molar-refractivity contribution in [1.29, 1.82) is 0 Å². The number of nitrogens with zero attached hydrogens (tertiary/aromatic N) is 1. The molecular weight excluding hydrogens is 490 g/mol. The summed E-state index contributed by atoms with van der Waals surface area (Å²) in [4.78, 5) is 26.0. The Hall–Kier alpha value is -4.63. The molecule has 2 N–H and O–H groups in total. The van der Waals surface area contributed by atoms with Gasteiger partial charge < -0.3 is 15.4 Å². The fourth-order valence-corrected chi connectivity index (χ4v) is 4.83. The van der Waals surface area contributed by atoms with Crippen LogP contribution in [0.3, 0.4) is 0 Å². The Bertz CT molecular complexity index is 1520. The quantitative estimate of drug-likeness (QED) is 0.343. The van der Waals surface area contributed by atoms with Gasteiger partial charge in [-0.2, -0.15) is 0 Å². The first-order valence-corrected chi connectivity index (χ1v) is 12.7. The van der Waals surface area contributed by atoms with Gasteiger partial charge in [-0.25, -0.2) is 8.42 Å². The molecule has 0 aliphatic rings. The van der Waals surface area contributed by atoms with Crippen molar-refractivity contribution in [2.24, 2.45) is 0 Å². The van der Waals surface area contributed by atoms with Crippen LogP contribution in [0.2, 0.25) is 0 Å². The zero-order valence-electron chi connectivity index (χ0n) is 20.2. The maximum atomic E-state index is 13.0. The Morgan fingerprint density at radius 2 is 1.27 bits per heavy atom. The lowest BCUT2D eigenvalue weighted by Gasteiger charge is -2.19. The minimum absolute atomic E-state index is 0.0481. The van der Waals surface area contributed by atoms with E-state index < -0.39 is 21.8 Å². The molecule has 0 spiro atoms. The Balaban J connectivity index is 1.51. The van der Waals surface area contributed by atoms with Crippen LogP contribution in [0.25, 0.3) is 0 Å². The summed E-state index contributed by atoms with van der Waals surface area (Å²) in [6, 6.07) is 27.9. The number of methoxy groups -OCH3 is 1. The third-order valence-electron chi connectivity index (χ3n) is 5.67. The number of hydrogen-bond donors (Lipinski definition) is 2. The van der Waals surface area contributed by atoms with Crippen LogP contribution in [0.1, 0.15) is 20.7 Å². The number of nitrogens with one attached hydrogen (secondary N) is 2. The average molecular weight is 516 g/mol. The van der Waals surface area contributed by atoms with Gasteiger partial charge in [0, 0.05) is 12.6 Å². The van der Waals surface area contributed by atoms with Crippen LogP contribution >= 0.6 is 0 Å². The molecule has 8 nitrogen and oxygen atoms in total. The van der Waals surface area contributed by atoms with Gasteiger partial charge in [0.05, 0.1) is 34.6 Å². The number of sulfonamides is 1.